The predicted octanol–water partition coefficient (Wildman–Crippen LogP) is 2.95. The van der Waals surface area contributed by atoms with Crippen molar-refractivity contribution >= 4 is 28.2 Å². The lowest BCUT2D eigenvalue weighted by Crippen LogP contribution is -2.47. The molecule has 0 spiro atoms. The van der Waals surface area contributed by atoms with Crippen molar-refractivity contribution in [1.82, 2.24) is 9.88 Å². The summed E-state index contributed by atoms with van der Waals surface area (Å²) in [6.45, 7) is 7.16. The lowest BCUT2D eigenvalue weighted by Gasteiger charge is -2.38. The molecule has 5 nitrogen and oxygen atoms in total. The van der Waals surface area contributed by atoms with Crippen LogP contribution in [0.5, 0.6) is 0 Å². The molecular formula is C14H24N4OS. The maximum atomic E-state index is 12.7. The number of aromatic nitrogens is 1. The Morgan fingerprint density at radius 2 is 2.10 bits per heavy atom. The molecule has 0 radical (unpaired) electrons. The molecule has 2 rings (SSSR count). The summed E-state index contributed by atoms with van der Waals surface area (Å²) in [5.74, 6) is 0.382. The molecule has 0 aliphatic carbocycles. The van der Waals surface area contributed by atoms with Crippen molar-refractivity contribution in [2.24, 2.45) is 0 Å². The first-order chi connectivity index (χ1) is 9.54. The molecule has 1 aliphatic heterocycles. The zero-order valence-corrected chi connectivity index (χ0v) is 13.3. The molecule has 20 heavy (non-hydrogen) atoms. The number of nitrogens with one attached hydrogen (secondary N) is 1. The summed E-state index contributed by atoms with van der Waals surface area (Å²) < 4.78 is 0. The third kappa shape index (κ3) is 3.06. The van der Waals surface area contributed by atoms with Gasteiger partial charge in [-0.05, 0) is 39.5 Å². The van der Waals surface area contributed by atoms with E-state index in [1.165, 1.54) is 17.8 Å². The van der Waals surface area contributed by atoms with Crippen LogP contribution in [0.1, 0.15) is 56.1 Å². The van der Waals surface area contributed by atoms with E-state index >= 15 is 0 Å². The molecule has 2 unspecified atom stereocenters. The van der Waals surface area contributed by atoms with Gasteiger partial charge in [0.1, 0.15) is 10.7 Å². The lowest BCUT2D eigenvalue weighted by atomic mass is 9.97. The van der Waals surface area contributed by atoms with Crippen LogP contribution in [0.4, 0.5) is 10.9 Å². The van der Waals surface area contributed by atoms with Gasteiger partial charge in [-0.2, -0.15) is 0 Å². The second-order valence-corrected chi connectivity index (χ2v) is 6.50. The van der Waals surface area contributed by atoms with Gasteiger partial charge in [-0.1, -0.05) is 18.3 Å². The number of thiazole rings is 1. The van der Waals surface area contributed by atoms with Gasteiger partial charge in [0.25, 0.3) is 5.91 Å². The Labute approximate surface area is 124 Å². The molecule has 1 aliphatic rings. The smallest absolute Gasteiger partial charge is 0.268 e. The van der Waals surface area contributed by atoms with Crippen LogP contribution in [0.25, 0.3) is 0 Å². The summed E-state index contributed by atoms with van der Waals surface area (Å²) >= 11 is 1.37. The molecule has 1 aromatic rings. The highest BCUT2D eigenvalue weighted by atomic mass is 32.1. The molecule has 0 saturated carbocycles. The Morgan fingerprint density at radius 3 is 2.70 bits per heavy atom. The van der Waals surface area contributed by atoms with Crippen molar-refractivity contribution < 1.29 is 4.79 Å². The fraction of sp³-hybridized carbons (Fsp3) is 0.714. The van der Waals surface area contributed by atoms with E-state index in [1.54, 1.807) is 0 Å². The zero-order chi connectivity index (χ0) is 14.7. The molecule has 112 valence electrons. The fourth-order valence-electron chi connectivity index (χ4n) is 2.73. The Morgan fingerprint density at radius 1 is 1.45 bits per heavy atom. The van der Waals surface area contributed by atoms with E-state index in [-0.39, 0.29) is 18.0 Å². The number of carbonyl (C=O) groups excluding carboxylic acids is 1. The van der Waals surface area contributed by atoms with Gasteiger partial charge in [0.05, 0.1) is 0 Å². The standard InChI is InChI=1S/C14H24N4OS/c1-4-8-16-14-17-12(15)11(20-14)13(19)18-9(2)6-5-7-10(18)3/h9-10H,4-8,15H2,1-3H3,(H,16,17). The lowest BCUT2D eigenvalue weighted by molar-refractivity contribution is 0.0516. The van der Waals surface area contributed by atoms with Gasteiger partial charge in [-0.15, -0.1) is 0 Å². The fourth-order valence-corrected chi connectivity index (χ4v) is 3.59. The highest BCUT2D eigenvalue weighted by Gasteiger charge is 2.32. The van der Waals surface area contributed by atoms with Crippen LogP contribution in [0, 0.1) is 0 Å². The van der Waals surface area contributed by atoms with Gasteiger partial charge in [0, 0.05) is 18.6 Å². The monoisotopic (exact) mass is 296 g/mol. The number of carbonyl (C=O) groups is 1. The highest BCUT2D eigenvalue weighted by Crippen LogP contribution is 2.30. The minimum Gasteiger partial charge on any atom is -0.382 e. The van der Waals surface area contributed by atoms with E-state index in [1.807, 2.05) is 4.90 Å². The number of nitrogens with zero attached hydrogens (tertiary/aromatic N) is 2. The molecule has 3 N–H and O–H groups in total. The number of rotatable bonds is 4. The first-order valence-corrected chi connectivity index (χ1v) is 8.19. The van der Waals surface area contributed by atoms with E-state index < -0.39 is 0 Å². The van der Waals surface area contributed by atoms with Crippen LogP contribution in [0.2, 0.25) is 0 Å². The summed E-state index contributed by atoms with van der Waals surface area (Å²) in [5.41, 5.74) is 5.92. The minimum atomic E-state index is 0.0317. The highest BCUT2D eigenvalue weighted by molar-refractivity contribution is 7.18. The molecule has 2 atom stereocenters. The van der Waals surface area contributed by atoms with Gasteiger partial charge in [0.2, 0.25) is 0 Å². The van der Waals surface area contributed by atoms with E-state index in [0.717, 1.165) is 30.9 Å². The molecule has 1 fully saturated rings. The first-order valence-electron chi connectivity index (χ1n) is 7.37. The summed E-state index contributed by atoms with van der Waals surface area (Å²) in [6.07, 6.45) is 4.34. The summed E-state index contributed by atoms with van der Waals surface area (Å²) in [5, 5.41) is 3.93. The van der Waals surface area contributed by atoms with Crippen LogP contribution in [0.3, 0.4) is 0 Å². The number of anilines is 2. The minimum absolute atomic E-state index is 0.0317. The number of nitrogens with two attached hydrogens (primary N) is 1. The number of hydrogen-bond donors (Lipinski definition) is 2. The topological polar surface area (TPSA) is 71.2 Å². The Bertz CT molecular complexity index is 464. The van der Waals surface area contributed by atoms with Crippen molar-refractivity contribution in [1.29, 1.82) is 0 Å². The largest absolute Gasteiger partial charge is 0.382 e. The molecule has 6 heteroatoms. The van der Waals surface area contributed by atoms with Gasteiger partial charge >= 0.3 is 0 Å². The maximum absolute atomic E-state index is 12.7. The van der Waals surface area contributed by atoms with Crippen molar-refractivity contribution in [3.05, 3.63) is 4.88 Å². The average molecular weight is 296 g/mol. The molecule has 2 heterocycles. The van der Waals surface area contributed by atoms with Gasteiger partial charge in [-0.25, -0.2) is 4.98 Å². The number of hydrogen-bond acceptors (Lipinski definition) is 5. The third-order valence-electron chi connectivity index (χ3n) is 3.80. The quantitative estimate of drug-likeness (QED) is 0.896. The number of piperidine rings is 1. The Hall–Kier alpha value is -1.30. The molecule has 1 aromatic heterocycles. The maximum Gasteiger partial charge on any atom is 0.268 e. The van der Waals surface area contributed by atoms with E-state index in [4.69, 9.17) is 5.73 Å². The van der Waals surface area contributed by atoms with Crippen molar-refractivity contribution in [2.45, 2.75) is 58.5 Å². The SMILES string of the molecule is CCCNc1nc(N)c(C(=O)N2C(C)CCCC2C)s1. The van der Waals surface area contributed by atoms with Crippen LogP contribution >= 0.6 is 11.3 Å². The van der Waals surface area contributed by atoms with Crippen molar-refractivity contribution in [3.8, 4) is 0 Å². The Kier molecular flexibility index (Phi) is 4.86. The van der Waals surface area contributed by atoms with Crippen molar-refractivity contribution in [3.63, 3.8) is 0 Å². The molecule has 0 bridgehead atoms. The van der Waals surface area contributed by atoms with Crippen LogP contribution in [-0.2, 0) is 0 Å². The molecule has 1 saturated heterocycles. The number of nitrogen functional groups attached to an aromatic ring is 1. The normalized spacial score (nSPS) is 22.9. The Balaban J connectivity index is 2.17. The summed E-state index contributed by atoms with van der Waals surface area (Å²) in [4.78, 5) is 19.5. The van der Waals surface area contributed by atoms with Gasteiger partial charge in [0.15, 0.2) is 5.13 Å². The first kappa shape index (κ1) is 15.1. The predicted molar refractivity (Wildman–Crippen MR) is 84.3 cm³/mol. The summed E-state index contributed by atoms with van der Waals surface area (Å²) in [7, 11) is 0. The third-order valence-corrected chi connectivity index (χ3v) is 4.82. The van der Waals surface area contributed by atoms with Crippen molar-refractivity contribution in [2.75, 3.05) is 17.6 Å². The second-order valence-electron chi connectivity index (χ2n) is 5.50. The molecule has 0 aromatic carbocycles. The number of amides is 1. The van der Waals surface area contributed by atoms with Gasteiger partial charge < -0.3 is 16.0 Å². The van der Waals surface area contributed by atoms with Gasteiger partial charge in [-0.3, -0.25) is 4.79 Å². The molecule has 1 amide bonds. The van der Waals surface area contributed by atoms with Crippen LogP contribution < -0.4 is 11.1 Å². The average Bonchev–Trinajstić information content (AvgIpc) is 2.77. The zero-order valence-electron chi connectivity index (χ0n) is 12.5. The van der Waals surface area contributed by atoms with E-state index in [9.17, 15) is 4.79 Å². The second kappa shape index (κ2) is 6.43. The van der Waals surface area contributed by atoms with Crippen LogP contribution in [-0.4, -0.2) is 34.4 Å². The molecular weight excluding hydrogens is 272 g/mol. The number of likely N-dealkylation sites (tertiary alicyclic amines) is 1. The van der Waals surface area contributed by atoms with E-state index in [2.05, 4.69) is 31.1 Å². The van der Waals surface area contributed by atoms with E-state index in [0.29, 0.717) is 10.7 Å². The summed E-state index contributed by atoms with van der Waals surface area (Å²) in [6, 6.07) is 0.555. The van der Waals surface area contributed by atoms with Crippen LogP contribution in [0.15, 0.2) is 0 Å².